The zero-order valence-corrected chi connectivity index (χ0v) is 7.03. The summed E-state index contributed by atoms with van der Waals surface area (Å²) in [6.45, 7) is 1.88. The smallest absolute Gasteiger partial charge is 0.166 e. The van der Waals surface area contributed by atoms with Gasteiger partial charge in [-0.3, -0.25) is 0 Å². The topological polar surface area (TPSA) is 54.7 Å². The summed E-state index contributed by atoms with van der Waals surface area (Å²) < 4.78 is 5.14. The molecule has 0 saturated carbocycles. The highest BCUT2D eigenvalue weighted by Crippen LogP contribution is 2.20. The van der Waals surface area contributed by atoms with Gasteiger partial charge in [-0.2, -0.15) is 0 Å². The van der Waals surface area contributed by atoms with Crippen molar-refractivity contribution in [2.45, 2.75) is 6.92 Å². The monoisotopic (exact) mass is 173 g/mol. The highest BCUT2D eigenvalue weighted by molar-refractivity contribution is 5.91. The molecule has 1 aromatic carbocycles. The number of nitrogens with zero attached hydrogens (tertiary/aromatic N) is 2. The van der Waals surface area contributed by atoms with E-state index in [1.54, 1.807) is 6.20 Å². The van der Waals surface area contributed by atoms with Crippen molar-refractivity contribution < 1.29 is 4.52 Å². The Bertz CT molecular complexity index is 531. The average Bonchev–Trinajstić information content (AvgIpc) is 2.63. The maximum Gasteiger partial charge on any atom is 0.166 e. The number of aromatic nitrogens is 3. The molecule has 4 nitrogen and oxygen atoms in total. The van der Waals surface area contributed by atoms with Crippen LogP contribution in [0.1, 0.15) is 5.82 Å². The molecule has 13 heavy (non-hydrogen) atoms. The number of aryl methyl sites for hydroxylation is 1. The zero-order chi connectivity index (χ0) is 8.84. The third kappa shape index (κ3) is 0.853. The summed E-state index contributed by atoms with van der Waals surface area (Å²) in [5, 5.41) is 3.71. The predicted octanol–water partition coefficient (Wildman–Crippen LogP) is 2.01. The second-order valence-corrected chi connectivity index (χ2v) is 3.01. The minimum absolute atomic E-state index is 0.798. The summed E-state index contributed by atoms with van der Waals surface area (Å²) in [7, 11) is 0. The first-order valence-electron chi connectivity index (χ1n) is 4.03. The number of rotatable bonds is 0. The quantitative estimate of drug-likeness (QED) is 0.565. The van der Waals surface area contributed by atoms with E-state index in [0.29, 0.717) is 0 Å². The van der Waals surface area contributed by atoms with Crippen LogP contribution in [0.4, 0.5) is 0 Å². The Morgan fingerprint density at radius 3 is 2.85 bits per heavy atom. The SMILES string of the molecule is Cc1nc2cc3c[nH]oc3cc2n1. The highest BCUT2D eigenvalue weighted by Gasteiger charge is 2.04. The number of fused-ring (bicyclic) bond motifs is 2. The van der Waals surface area contributed by atoms with Crippen molar-refractivity contribution in [1.82, 2.24) is 15.1 Å². The van der Waals surface area contributed by atoms with Crippen LogP contribution in [-0.4, -0.2) is 15.1 Å². The molecule has 2 aromatic heterocycles. The molecule has 3 aromatic rings. The van der Waals surface area contributed by atoms with E-state index in [1.165, 1.54) is 0 Å². The maximum absolute atomic E-state index is 5.14. The lowest BCUT2D eigenvalue weighted by Crippen LogP contribution is -1.68. The van der Waals surface area contributed by atoms with Gasteiger partial charge in [0.05, 0.1) is 11.0 Å². The maximum atomic E-state index is 5.14. The minimum Gasteiger partial charge on any atom is -0.382 e. The second kappa shape index (κ2) is 2.10. The fraction of sp³-hybridized carbons (Fsp3) is 0.111. The minimum atomic E-state index is 0.798. The first kappa shape index (κ1) is 6.65. The van der Waals surface area contributed by atoms with Crippen LogP contribution >= 0.6 is 0 Å². The van der Waals surface area contributed by atoms with E-state index in [-0.39, 0.29) is 0 Å². The molecule has 4 heteroatoms. The van der Waals surface area contributed by atoms with Gasteiger partial charge >= 0.3 is 0 Å². The standard InChI is InChI=1S/C9H7N3O/c1-5-11-7-2-6-4-10-13-9(6)3-8(7)12-5/h2-4,10H,1H3. The van der Waals surface area contributed by atoms with Crippen molar-refractivity contribution >= 4 is 22.0 Å². The van der Waals surface area contributed by atoms with Gasteiger partial charge in [-0.15, -0.1) is 0 Å². The van der Waals surface area contributed by atoms with Gasteiger partial charge in [0.1, 0.15) is 5.82 Å². The molecule has 0 unspecified atom stereocenters. The summed E-state index contributed by atoms with van der Waals surface area (Å²) in [6.07, 6.45) is 1.80. The first-order chi connectivity index (χ1) is 6.33. The largest absolute Gasteiger partial charge is 0.382 e. The summed E-state index contributed by atoms with van der Waals surface area (Å²) in [4.78, 5) is 8.53. The Kier molecular flexibility index (Phi) is 1.07. The number of imidazole rings is 1. The number of aromatic amines is 1. The number of H-pyrrole nitrogens is 1. The van der Waals surface area contributed by atoms with Gasteiger partial charge in [0, 0.05) is 17.6 Å². The van der Waals surface area contributed by atoms with Crippen LogP contribution in [0.3, 0.4) is 0 Å². The van der Waals surface area contributed by atoms with Gasteiger partial charge in [0.15, 0.2) is 5.58 Å². The van der Waals surface area contributed by atoms with Crippen molar-refractivity contribution in [3.63, 3.8) is 0 Å². The Labute approximate surface area is 73.6 Å². The molecule has 0 bridgehead atoms. The molecule has 0 atom stereocenters. The molecule has 1 N–H and O–H groups in total. The molecular formula is C9H7N3O. The van der Waals surface area contributed by atoms with Gasteiger partial charge in [0.2, 0.25) is 0 Å². The molecule has 0 saturated heterocycles. The summed E-state index contributed by atoms with van der Waals surface area (Å²) in [5.41, 5.74) is 2.61. The molecule has 3 rings (SSSR count). The molecule has 0 fully saturated rings. The molecule has 64 valence electrons. The number of hydrogen-bond acceptors (Lipinski definition) is 3. The summed E-state index contributed by atoms with van der Waals surface area (Å²) in [6, 6.07) is 3.85. The lowest BCUT2D eigenvalue weighted by atomic mass is 10.2. The van der Waals surface area contributed by atoms with Crippen molar-refractivity contribution in [3.05, 3.63) is 24.2 Å². The van der Waals surface area contributed by atoms with Crippen molar-refractivity contribution in [2.24, 2.45) is 0 Å². The van der Waals surface area contributed by atoms with Gasteiger partial charge in [0.25, 0.3) is 0 Å². The summed E-state index contributed by atoms with van der Waals surface area (Å²) in [5.74, 6) is 0.798. The van der Waals surface area contributed by atoms with E-state index in [0.717, 1.165) is 27.8 Å². The molecule has 2 heterocycles. The molecule has 0 spiro atoms. The lowest BCUT2D eigenvalue weighted by molar-refractivity contribution is 0.456. The first-order valence-corrected chi connectivity index (χ1v) is 4.03. The van der Waals surface area contributed by atoms with E-state index in [1.807, 2.05) is 19.1 Å². The van der Waals surface area contributed by atoms with Crippen LogP contribution in [0.5, 0.6) is 0 Å². The highest BCUT2D eigenvalue weighted by atomic mass is 16.5. The molecule has 0 radical (unpaired) electrons. The van der Waals surface area contributed by atoms with Crippen LogP contribution in [0.25, 0.3) is 22.0 Å². The van der Waals surface area contributed by atoms with Crippen LogP contribution in [0.15, 0.2) is 22.9 Å². The van der Waals surface area contributed by atoms with E-state index < -0.39 is 0 Å². The Morgan fingerprint density at radius 2 is 2.00 bits per heavy atom. The molecule has 0 aliphatic rings. The molecule has 0 amide bonds. The van der Waals surface area contributed by atoms with E-state index in [2.05, 4.69) is 15.1 Å². The third-order valence-electron chi connectivity index (χ3n) is 2.05. The van der Waals surface area contributed by atoms with Crippen molar-refractivity contribution in [1.29, 1.82) is 0 Å². The van der Waals surface area contributed by atoms with E-state index >= 15 is 0 Å². The lowest BCUT2D eigenvalue weighted by Gasteiger charge is -1.85. The number of benzene rings is 1. The fourth-order valence-electron chi connectivity index (χ4n) is 1.48. The van der Waals surface area contributed by atoms with E-state index in [9.17, 15) is 0 Å². The van der Waals surface area contributed by atoms with E-state index in [4.69, 9.17) is 4.52 Å². The zero-order valence-electron chi connectivity index (χ0n) is 7.03. The number of nitrogens with one attached hydrogen (secondary N) is 1. The third-order valence-corrected chi connectivity index (χ3v) is 2.05. The van der Waals surface area contributed by atoms with Crippen LogP contribution in [-0.2, 0) is 0 Å². The van der Waals surface area contributed by atoms with Crippen molar-refractivity contribution in [2.75, 3.05) is 0 Å². The predicted molar refractivity (Wildman–Crippen MR) is 48.4 cm³/mol. The van der Waals surface area contributed by atoms with Gasteiger partial charge in [-0.25, -0.2) is 15.1 Å². The average molecular weight is 173 g/mol. The van der Waals surface area contributed by atoms with Crippen molar-refractivity contribution in [3.8, 4) is 0 Å². The van der Waals surface area contributed by atoms with Gasteiger partial charge in [-0.05, 0) is 13.0 Å². The normalized spacial score (nSPS) is 11.5. The number of hydrogen-bond donors (Lipinski definition) is 1. The van der Waals surface area contributed by atoms with Crippen LogP contribution in [0.2, 0.25) is 0 Å². The molecule has 0 aliphatic heterocycles. The Morgan fingerprint density at radius 1 is 1.23 bits per heavy atom. The van der Waals surface area contributed by atoms with Gasteiger partial charge in [-0.1, -0.05) is 0 Å². The Hall–Kier alpha value is -1.84. The second-order valence-electron chi connectivity index (χ2n) is 3.01. The van der Waals surface area contributed by atoms with Crippen LogP contribution in [0, 0.1) is 6.92 Å². The van der Waals surface area contributed by atoms with Gasteiger partial charge < -0.3 is 4.52 Å². The molecule has 0 aliphatic carbocycles. The molecular weight excluding hydrogens is 166 g/mol. The van der Waals surface area contributed by atoms with Crippen LogP contribution < -0.4 is 0 Å². The Balaban J connectivity index is 2.54. The fourth-order valence-corrected chi connectivity index (χ4v) is 1.48. The summed E-state index contributed by atoms with van der Waals surface area (Å²) >= 11 is 0.